The number of nitrogens with one attached hydrogen (secondary N) is 1. The van der Waals surface area contributed by atoms with Gasteiger partial charge in [-0.15, -0.1) is 0 Å². The van der Waals surface area contributed by atoms with Crippen LogP contribution in [-0.4, -0.2) is 33.5 Å². The van der Waals surface area contributed by atoms with Gasteiger partial charge >= 0.3 is 0 Å². The molecule has 2 heterocycles. The zero-order chi connectivity index (χ0) is 18.1. The molecule has 0 spiro atoms. The molecule has 2 fully saturated rings. The molecule has 1 atom stereocenters. The molecule has 1 aromatic carbocycles. The summed E-state index contributed by atoms with van der Waals surface area (Å²) in [6.45, 7) is 5.51. The third-order valence-electron chi connectivity index (χ3n) is 5.39. The van der Waals surface area contributed by atoms with Crippen molar-refractivity contribution in [3.8, 4) is 0 Å². The predicted molar refractivity (Wildman–Crippen MR) is 99.1 cm³/mol. The lowest BCUT2D eigenvalue weighted by Crippen LogP contribution is -2.42. The monoisotopic (exact) mass is 354 g/mol. The highest BCUT2D eigenvalue weighted by atomic mass is 16.5. The zero-order valence-corrected chi connectivity index (χ0v) is 15.5. The average Bonchev–Trinajstić information content (AvgIpc) is 3.39. The molecular formula is C20H26N4O2. The Morgan fingerprint density at radius 3 is 2.88 bits per heavy atom. The van der Waals surface area contributed by atoms with E-state index >= 15 is 0 Å². The molecule has 1 amide bonds. The first-order chi connectivity index (χ1) is 12.6. The summed E-state index contributed by atoms with van der Waals surface area (Å²) in [5.41, 5.74) is 2.79. The van der Waals surface area contributed by atoms with E-state index in [1.54, 1.807) is 0 Å². The molecular weight excluding hydrogens is 328 g/mol. The van der Waals surface area contributed by atoms with Crippen molar-refractivity contribution >= 4 is 11.6 Å². The van der Waals surface area contributed by atoms with Gasteiger partial charge < -0.3 is 14.7 Å². The number of nitrogens with zero attached hydrogens (tertiary/aromatic N) is 3. The molecule has 0 bridgehead atoms. The number of anilines is 1. The zero-order valence-electron chi connectivity index (χ0n) is 15.5. The summed E-state index contributed by atoms with van der Waals surface area (Å²) in [6, 6.07) is 6.17. The Bertz CT molecular complexity index is 797. The lowest BCUT2D eigenvalue weighted by atomic mass is 10.0. The van der Waals surface area contributed by atoms with E-state index in [1.807, 2.05) is 30.0 Å². The minimum atomic E-state index is 0.137. The number of piperidine rings is 1. The van der Waals surface area contributed by atoms with E-state index in [9.17, 15) is 4.79 Å². The third-order valence-corrected chi connectivity index (χ3v) is 5.39. The van der Waals surface area contributed by atoms with E-state index in [4.69, 9.17) is 4.52 Å². The van der Waals surface area contributed by atoms with Crippen molar-refractivity contribution in [2.75, 3.05) is 11.9 Å². The Labute approximate surface area is 154 Å². The van der Waals surface area contributed by atoms with Crippen LogP contribution in [0, 0.1) is 6.92 Å². The second-order valence-corrected chi connectivity index (χ2v) is 7.55. The highest BCUT2D eigenvalue weighted by molar-refractivity contribution is 5.95. The van der Waals surface area contributed by atoms with Crippen LogP contribution in [0.3, 0.4) is 0 Å². The minimum Gasteiger partial charge on any atom is -0.376 e. The van der Waals surface area contributed by atoms with Gasteiger partial charge in [0, 0.05) is 29.8 Å². The van der Waals surface area contributed by atoms with Crippen molar-refractivity contribution in [1.29, 1.82) is 0 Å². The largest absolute Gasteiger partial charge is 0.376 e. The highest BCUT2D eigenvalue weighted by Gasteiger charge is 2.28. The summed E-state index contributed by atoms with van der Waals surface area (Å²) in [5.74, 6) is 2.07. The molecule has 1 aliphatic heterocycles. The molecule has 2 aromatic rings. The second-order valence-electron chi connectivity index (χ2n) is 7.55. The van der Waals surface area contributed by atoms with Gasteiger partial charge in [0.1, 0.15) is 0 Å². The van der Waals surface area contributed by atoms with Crippen molar-refractivity contribution in [3.05, 3.63) is 41.0 Å². The van der Waals surface area contributed by atoms with E-state index in [0.717, 1.165) is 54.9 Å². The number of rotatable bonds is 5. The lowest BCUT2D eigenvalue weighted by molar-refractivity contribution is 0.0635. The van der Waals surface area contributed by atoms with Crippen molar-refractivity contribution in [2.45, 2.75) is 64.5 Å². The predicted octanol–water partition coefficient (Wildman–Crippen LogP) is 3.88. The number of hydrogen-bond acceptors (Lipinski definition) is 5. The fraction of sp³-hybridized carbons (Fsp3) is 0.550. The van der Waals surface area contributed by atoms with Crippen LogP contribution in [0.2, 0.25) is 0 Å². The van der Waals surface area contributed by atoms with Gasteiger partial charge in [-0.3, -0.25) is 4.79 Å². The summed E-state index contributed by atoms with van der Waals surface area (Å²) >= 11 is 0. The molecule has 1 N–H and O–H groups in total. The molecule has 2 aliphatic rings. The van der Waals surface area contributed by atoms with Gasteiger partial charge in [-0.1, -0.05) is 5.16 Å². The number of benzene rings is 1. The van der Waals surface area contributed by atoms with E-state index in [-0.39, 0.29) is 5.91 Å². The lowest BCUT2D eigenvalue weighted by Gasteiger charge is -2.33. The van der Waals surface area contributed by atoms with Crippen LogP contribution < -0.4 is 5.32 Å². The first-order valence-electron chi connectivity index (χ1n) is 9.60. The summed E-state index contributed by atoms with van der Waals surface area (Å²) in [6.07, 6.45) is 5.73. The van der Waals surface area contributed by atoms with Crippen LogP contribution in [0.1, 0.15) is 72.6 Å². The van der Waals surface area contributed by atoms with Crippen molar-refractivity contribution in [3.63, 3.8) is 0 Å². The highest BCUT2D eigenvalue weighted by Crippen LogP contribution is 2.38. The van der Waals surface area contributed by atoms with Gasteiger partial charge in [0.05, 0.1) is 6.54 Å². The normalized spacial score (nSPS) is 20.2. The number of amides is 1. The number of carbonyl (C=O) groups is 1. The number of aromatic nitrogens is 2. The molecule has 138 valence electrons. The number of likely N-dealkylation sites (tertiary alicyclic amines) is 1. The van der Waals surface area contributed by atoms with Crippen molar-refractivity contribution in [1.82, 2.24) is 15.0 Å². The van der Waals surface area contributed by atoms with E-state index in [2.05, 4.69) is 22.4 Å². The first-order valence-corrected chi connectivity index (χ1v) is 9.60. The number of hydrogen-bond donors (Lipinski definition) is 1. The van der Waals surface area contributed by atoms with Crippen LogP contribution >= 0.6 is 0 Å². The van der Waals surface area contributed by atoms with Crippen LogP contribution in [-0.2, 0) is 6.54 Å². The summed E-state index contributed by atoms with van der Waals surface area (Å²) < 4.78 is 5.30. The number of aryl methyl sites for hydroxylation is 1. The maximum atomic E-state index is 12.8. The Balaban J connectivity index is 1.40. The van der Waals surface area contributed by atoms with Crippen LogP contribution in [0.15, 0.2) is 22.7 Å². The molecule has 0 radical (unpaired) electrons. The van der Waals surface area contributed by atoms with Crippen molar-refractivity contribution in [2.24, 2.45) is 0 Å². The van der Waals surface area contributed by atoms with Gasteiger partial charge in [0.2, 0.25) is 5.89 Å². The van der Waals surface area contributed by atoms with E-state index in [1.165, 1.54) is 6.42 Å². The topological polar surface area (TPSA) is 71.3 Å². The molecule has 1 saturated carbocycles. The van der Waals surface area contributed by atoms with Crippen molar-refractivity contribution < 1.29 is 9.32 Å². The quantitative estimate of drug-likeness (QED) is 0.882. The van der Waals surface area contributed by atoms with Gasteiger partial charge in [-0.2, -0.15) is 4.98 Å². The van der Waals surface area contributed by atoms with Gasteiger partial charge in [-0.25, -0.2) is 0 Å². The Morgan fingerprint density at radius 1 is 1.31 bits per heavy atom. The van der Waals surface area contributed by atoms with Gasteiger partial charge in [0.15, 0.2) is 5.82 Å². The van der Waals surface area contributed by atoms with Gasteiger partial charge in [-0.05, 0) is 69.7 Å². The Kier molecular flexibility index (Phi) is 4.66. The number of carbonyl (C=O) groups excluding carboxylic acids is 1. The molecule has 6 nitrogen and oxygen atoms in total. The first kappa shape index (κ1) is 17.1. The second kappa shape index (κ2) is 7.09. The summed E-state index contributed by atoms with van der Waals surface area (Å²) in [7, 11) is 0. The molecule has 1 aromatic heterocycles. The smallest absolute Gasteiger partial charge is 0.254 e. The van der Waals surface area contributed by atoms with Gasteiger partial charge in [0.25, 0.3) is 5.91 Å². The van der Waals surface area contributed by atoms with Crippen LogP contribution in [0.5, 0.6) is 0 Å². The Hall–Kier alpha value is -2.37. The Morgan fingerprint density at radius 2 is 2.15 bits per heavy atom. The maximum absolute atomic E-state index is 12.8. The standard InChI is InChI=1S/C20H26N4O2/c1-13-11-16(20(25)24-10-4-3-5-14(24)2)8-9-17(13)21-12-18-22-19(23-26-18)15-6-7-15/h8-9,11,14-15,21H,3-7,10,12H2,1-2H3/t14-/m1/s1. The fourth-order valence-electron chi connectivity index (χ4n) is 3.58. The molecule has 6 heteroatoms. The summed E-state index contributed by atoms with van der Waals surface area (Å²) in [4.78, 5) is 19.2. The van der Waals surface area contributed by atoms with Crippen LogP contribution in [0.4, 0.5) is 5.69 Å². The van der Waals surface area contributed by atoms with Crippen LogP contribution in [0.25, 0.3) is 0 Å². The third kappa shape index (κ3) is 3.59. The van der Waals surface area contributed by atoms with E-state index in [0.29, 0.717) is 24.4 Å². The molecule has 1 saturated heterocycles. The van der Waals surface area contributed by atoms with E-state index < -0.39 is 0 Å². The summed E-state index contributed by atoms with van der Waals surface area (Å²) in [5, 5.41) is 7.37. The maximum Gasteiger partial charge on any atom is 0.254 e. The average molecular weight is 354 g/mol. The molecule has 0 unspecified atom stereocenters. The minimum absolute atomic E-state index is 0.137. The fourth-order valence-corrected chi connectivity index (χ4v) is 3.58. The SMILES string of the molecule is Cc1cc(C(=O)N2CCCC[C@H]2C)ccc1NCc1nc(C2CC2)no1. The molecule has 1 aliphatic carbocycles. The molecule has 4 rings (SSSR count). The molecule has 26 heavy (non-hydrogen) atoms.